The SMILES string of the molecule is CCCCCCCCCCCCCCCCCCCCC(=O)OC[C@H](COC(=O)CCCCCCCCC)OC(=O)CCCCCCCCCCCCCCCCC(C)C. The Morgan fingerprint density at radius 2 is 0.550 bits per heavy atom. The van der Waals surface area contributed by atoms with Crippen LogP contribution in [0.4, 0.5) is 0 Å². The van der Waals surface area contributed by atoms with Gasteiger partial charge in [0.2, 0.25) is 0 Å². The molecule has 0 aliphatic carbocycles. The Labute approximate surface area is 374 Å². The minimum Gasteiger partial charge on any atom is -0.462 e. The molecule has 0 saturated carbocycles. The summed E-state index contributed by atoms with van der Waals surface area (Å²) in [6.07, 6.45) is 51.1. The summed E-state index contributed by atoms with van der Waals surface area (Å²) in [6.45, 7) is 9.01. The van der Waals surface area contributed by atoms with E-state index in [0.717, 1.165) is 63.7 Å². The molecule has 0 aromatic heterocycles. The highest BCUT2D eigenvalue weighted by Gasteiger charge is 2.19. The van der Waals surface area contributed by atoms with Crippen molar-refractivity contribution < 1.29 is 28.6 Å². The van der Waals surface area contributed by atoms with Crippen LogP contribution in [-0.4, -0.2) is 37.2 Å². The Bertz CT molecular complexity index is 903. The maximum Gasteiger partial charge on any atom is 0.306 e. The van der Waals surface area contributed by atoms with Crippen LogP contribution >= 0.6 is 0 Å². The van der Waals surface area contributed by atoms with Crippen molar-refractivity contribution in [1.82, 2.24) is 0 Å². The van der Waals surface area contributed by atoms with Gasteiger partial charge in [-0.2, -0.15) is 0 Å². The van der Waals surface area contributed by atoms with Crippen LogP contribution in [0.15, 0.2) is 0 Å². The molecule has 0 amide bonds. The van der Waals surface area contributed by atoms with Gasteiger partial charge < -0.3 is 14.2 Å². The molecule has 0 radical (unpaired) electrons. The molecule has 0 aromatic rings. The van der Waals surface area contributed by atoms with Crippen LogP contribution in [0.5, 0.6) is 0 Å². The van der Waals surface area contributed by atoms with Gasteiger partial charge >= 0.3 is 17.9 Å². The van der Waals surface area contributed by atoms with E-state index < -0.39 is 6.10 Å². The van der Waals surface area contributed by atoms with Crippen molar-refractivity contribution in [2.45, 2.75) is 310 Å². The largest absolute Gasteiger partial charge is 0.462 e. The molecule has 0 spiro atoms. The molecule has 0 saturated heterocycles. The zero-order valence-corrected chi connectivity index (χ0v) is 40.9. The van der Waals surface area contributed by atoms with Crippen molar-refractivity contribution >= 4 is 17.9 Å². The first-order valence-corrected chi connectivity index (χ1v) is 26.9. The number of unbranched alkanes of at least 4 members (excludes halogenated alkanes) is 36. The van der Waals surface area contributed by atoms with E-state index in [1.807, 2.05) is 0 Å². The second-order valence-electron chi connectivity index (χ2n) is 19.0. The van der Waals surface area contributed by atoms with Crippen molar-refractivity contribution in [3.05, 3.63) is 0 Å². The highest BCUT2D eigenvalue weighted by atomic mass is 16.6. The van der Waals surface area contributed by atoms with Crippen LogP contribution in [0.25, 0.3) is 0 Å². The normalized spacial score (nSPS) is 11.9. The lowest BCUT2D eigenvalue weighted by Crippen LogP contribution is -2.30. The fourth-order valence-corrected chi connectivity index (χ4v) is 8.22. The molecule has 0 rings (SSSR count). The zero-order valence-electron chi connectivity index (χ0n) is 40.9. The van der Waals surface area contributed by atoms with Crippen LogP contribution < -0.4 is 0 Å². The molecule has 1 atom stereocenters. The van der Waals surface area contributed by atoms with Crippen molar-refractivity contribution in [3.63, 3.8) is 0 Å². The zero-order chi connectivity index (χ0) is 43.8. The lowest BCUT2D eigenvalue weighted by molar-refractivity contribution is -0.167. The second kappa shape index (κ2) is 48.4. The predicted molar refractivity (Wildman–Crippen MR) is 257 cm³/mol. The van der Waals surface area contributed by atoms with Crippen LogP contribution in [-0.2, 0) is 28.6 Å². The number of carbonyl (C=O) groups is 3. The van der Waals surface area contributed by atoms with Gasteiger partial charge in [-0.05, 0) is 25.2 Å². The Balaban J connectivity index is 4.17. The van der Waals surface area contributed by atoms with E-state index in [4.69, 9.17) is 14.2 Å². The van der Waals surface area contributed by atoms with Crippen molar-refractivity contribution in [1.29, 1.82) is 0 Å². The van der Waals surface area contributed by atoms with E-state index in [1.54, 1.807) is 0 Å². The fraction of sp³-hybridized carbons (Fsp3) is 0.944. The first-order valence-electron chi connectivity index (χ1n) is 26.9. The van der Waals surface area contributed by atoms with Crippen molar-refractivity contribution in [2.24, 2.45) is 5.92 Å². The van der Waals surface area contributed by atoms with Gasteiger partial charge in [-0.1, -0.05) is 265 Å². The summed E-state index contributed by atoms with van der Waals surface area (Å²) >= 11 is 0. The summed E-state index contributed by atoms with van der Waals surface area (Å²) in [4.78, 5) is 37.8. The molecule has 0 aromatic carbocycles. The number of hydrogen-bond donors (Lipinski definition) is 0. The number of rotatable bonds is 49. The summed E-state index contributed by atoms with van der Waals surface area (Å²) in [7, 11) is 0. The van der Waals surface area contributed by atoms with Crippen molar-refractivity contribution in [3.8, 4) is 0 Å². The predicted octanol–water partition coefficient (Wildman–Crippen LogP) is 17.5. The Kier molecular flexibility index (Phi) is 47.2. The summed E-state index contributed by atoms with van der Waals surface area (Å²) in [5, 5.41) is 0. The monoisotopic (exact) mass is 849 g/mol. The highest BCUT2D eigenvalue weighted by molar-refractivity contribution is 5.71. The first-order chi connectivity index (χ1) is 29.4. The van der Waals surface area contributed by atoms with Gasteiger partial charge in [0, 0.05) is 19.3 Å². The molecule has 0 aliphatic rings. The fourth-order valence-electron chi connectivity index (χ4n) is 8.22. The van der Waals surface area contributed by atoms with Crippen LogP contribution in [0, 0.1) is 5.92 Å². The molecule has 0 unspecified atom stereocenters. The third-order valence-corrected chi connectivity index (χ3v) is 12.3. The minimum absolute atomic E-state index is 0.0629. The molecule has 356 valence electrons. The van der Waals surface area contributed by atoms with E-state index in [0.29, 0.717) is 19.3 Å². The highest BCUT2D eigenvalue weighted by Crippen LogP contribution is 2.17. The third kappa shape index (κ3) is 47.5. The quantitative estimate of drug-likeness (QED) is 0.0345. The number of hydrogen-bond acceptors (Lipinski definition) is 6. The number of ether oxygens (including phenoxy) is 3. The minimum atomic E-state index is -0.760. The smallest absolute Gasteiger partial charge is 0.306 e. The van der Waals surface area contributed by atoms with Gasteiger partial charge in [-0.25, -0.2) is 0 Å². The summed E-state index contributed by atoms with van der Waals surface area (Å²) in [6, 6.07) is 0. The third-order valence-electron chi connectivity index (χ3n) is 12.3. The summed E-state index contributed by atoms with van der Waals surface area (Å²) in [5.74, 6) is -0.00518. The van der Waals surface area contributed by atoms with Gasteiger partial charge in [0.05, 0.1) is 0 Å². The summed E-state index contributed by atoms with van der Waals surface area (Å²) < 4.78 is 16.8. The Morgan fingerprint density at radius 1 is 0.317 bits per heavy atom. The maximum absolute atomic E-state index is 12.8. The second-order valence-corrected chi connectivity index (χ2v) is 19.0. The van der Waals surface area contributed by atoms with Crippen molar-refractivity contribution in [2.75, 3.05) is 13.2 Å². The van der Waals surface area contributed by atoms with Gasteiger partial charge in [-0.15, -0.1) is 0 Å². The van der Waals surface area contributed by atoms with Gasteiger partial charge in [-0.3, -0.25) is 14.4 Å². The van der Waals surface area contributed by atoms with Gasteiger partial charge in [0.25, 0.3) is 0 Å². The Morgan fingerprint density at radius 3 is 0.817 bits per heavy atom. The lowest BCUT2D eigenvalue weighted by atomic mass is 10.0. The maximum atomic E-state index is 12.8. The number of esters is 3. The van der Waals surface area contributed by atoms with E-state index >= 15 is 0 Å². The van der Waals surface area contributed by atoms with E-state index in [-0.39, 0.29) is 31.1 Å². The lowest BCUT2D eigenvalue weighted by Gasteiger charge is -2.18. The average molecular weight is 849 g/mol. The standard InChI is InChI=1S/C54H104O6/c1-5-7-9-11-13-14-15-16-17-18-19-20-24-27-30-34-38-42-46-53(56)59-49-51(48-58-52(55)45-41-37-32-12-10-8-6-2)60-54(57)47-43-39-35-31-28-25-22-21-23-26-29-33-36-40-44-50(3)4/h50-51H,5-49H2,1-4H3/t51-/m0/s1. The molecule has 6 heteroatoms. The molecular weight excluding hydrogens is 745 g/mol. The van der Waals surface area contributed by atoms with E-state index in [2.05, 4.69) is 27.7 Å². The molecule has 0 N–H and O–H groups in total. The summed E-state index contributed by atoms with van der Waals surface area (Å²) in [5.41, 5.74) is 0. The van der Waals surface area contributed by atoms with Crippen LogP contribution in [0.1, 0.15) is 304 Å². The molecule has 0 bridgehead atoms. The Hall–Kier alpha value is -1.59. The van der Waals surface area contributed by atoms with Crippen LogP contribution in [0.2, 0.25) is 0 Å². The molecule has 6 nitrogen and oxygen atoms in total. The number of carbonyl (C=O) groups excluding carboxylic acids is 3. The van der Waals surface area contributed by atoms with E-state index in [1.165, 1.54) is 199 Å². The molecular formula is C54H104O6. The van der Waals surface area contributed by atoms with E-state index in [9.17, 15) is 14.4 Å². The molecule has 0 aliphatic heterocycles. The van der Waals surface area contributed by atoms with Gasteiger partial charge in [0.1, 0.15) is 13.2 Å². The molecule has 60 heavy (non-hydrogen) atoms. The van der Waals surface area contributed by atoms with Crippen LogP contribution in [0.3, 0.4) is 0 Å². The topological polar surface area (TPSA) is 78.9 Å². The molecule has 0 fully saturated rings. The molecule has 0 heterocycles. The first kappa shape index (κ1) is 58.4. The van der Waals surface area contributed by atoms with Gasteiger partial charge in [0.15, 0.2) is 6.10 Å². The average Bonchev–Trinajstić information content (AvgIpc) is 3.23.